The van der Waals surface area contributed by atoms with Crippen LogP contribution in [0.5, 0.6) is 0 Å². The normalized spacial score (nSPS) is 29.8. The second-order valence-corrected chi connectivity index (χ2v) is 20.7. The summed E-state index contributed by atoms with van der Waals surface area (Å²) in [7, 11) is 0. The number of aliphatic hydroxyl groups is 4. The first-order valence-electron chi connectivity index (χ1n) is 24.8. The lowest BCUT2D eigenvalue weighted by Crippen LogP contribution is -2.79. The SMILES string of the molecule is CC(=O)O[C@@]12COC1C[C@H](O)C1C(=O)[C@H](O)C3=C(C)[C@@H](OC(=O)[C@H](O)[C@@H](NC(=O)N[C@H](C(=O)N4CCC[C@H]4C(=O)NCC(=O)NCC(=O)O)C(C)C)c4ccccc4)C[C@@](O)([C@@H](OC(=O)c4ccccc4)C12)C3(C)C. The van der Waals surface area contributed by atoms with Crippen LogP contribution in [0.25, 0.3) is 0 Å². The van der Waals surface area contributed by atoms with Crippen molar-refractivity contribution in [2.24, 2.45) is 23.2 Å². The summed E-state index contributed by atoms with van der Waals surface area (Å²) >= 11 is 0. The lowest BCUT2D eigenvalue weighted by atomic mass is 9.49. The Hall–Kier alpha value is -6.79. The van der Waals surface area contributed by atoms with Crippen molar-refractivity contribution in [3.05, 3.63) is 82.9 Å². The number of benzene rings is 2. The molecular formula is C52H65N5O18. The van der Waals surface area contributed by atoms with Gasteiger partial charge in [0.05, 0.1) is 42.7 Å². The number of nitrogens with zero attached hydrogens (tertiary/aromatic N) is 1. The standard InChI is InChI=1S/C52H65N5O18/c1-25(2)39(46(67)57-19-13-18-30(57)45(66)54-22-34(60)53-23-35(61)62)55-49(70)56-40(28-14-9-7-10-15-28)43(65)48(69)73-32-21-52(71)44(74-47(68)29-16-11-8-12-17-29)38-36(41(63)42(64)37(26(32)3)50(52,5)6)31(59)20-33-51(38,24-72-33)75-27(4)58/h7-12,14-17,25,30-33,36,38-40,42-44,59,64-65,71H,13,18-24H2,1-6H3,(H,53,60)(H,54,66)(H,61,62)(H2,55,56,70)/t30-,31-,32-,33?,36?,38?,39-,40-,42+,43+,44-,51-,52+/m0/s1. The highest BCUT2D eigenvalue weighted by molar-refractivity contribution is 5.95. The first-order valence-corrected chi connectivity index (χ1v) is 24.8. The number of rotatable bonds is 16. The van der Waals surface area contributed by atoms with Gasteiger partial charge < -0.3 is 70.6 Å². The maximum absolute atomic E-state index is 14.8. The minimum Gasteiger partial charge on any atom is -0.480 e. The zero-order chi connectivity index (χ0) is 54.9. The molecule has 3 unspecified atom stereocenters. The number of carboxylic acids is 1. The monoisotopic (exact) mass is 1050 g/mol. The van der Waals surface area contributed by atoms with E-state index in [1.807, 2.05) is 0 Å². The number of aliphatic carboxylic acids is 1. The molecule has 2 bridgehead atoms. The van der Waals surface area contributed by atoms with E-state index in [4.69, 9.17) is 24.1 Å². The highest BCUT2D eigenvalue weighted by Gasteiger charge is 2.74. The van der Waals surface area contributed by atoms with Crippen molar-refractivity contribution in [3.63, 3.8) is 0 Å². The molecule has 0 aromatic heterocycles. The van der Waals surface area contributed by atoms with E-state index in [1.165, 1.54) is 49.9 Å². The molecule has 0 radical (unpaired) electrons. The van der Waals surface area contributed by atoms with Crippen LogP contribution in [0.4, 0.5) is 4.79 Å². The van der Waals surface area contributed by atoms with Gasteiger partial charge in [-0.3, -0.25) is 28.8 Å². The fraction of sp³-hybridized carbons (Fsp3) is 0.558. The van der Waals surface area contributed by atoms with Crippen LogP contribution in [-0.2, 0) is 52.5 Å². The number of hydrogen-bond donors (Lipinski definition) is 9. The van der Waals surface area contributed by atoms with Gasteiger partial charge in [0.1, 0.15) is 48.6 Å². The molecule has 2 heterocycles. The molecular weight excluding hydrogens is 983 g/mol. The van der Waals surface area contributed by atoms with Gasteiger partial charge in [0.25, 0.3) is 0 Å². The number of ketones is 1. The molecule has 4 fully saturated rings. The van der Waals surface area contributed by atoms with Gasteiger partial charge in [0.2, 0.25) is 17.7 Å². The number of urea groups is 1. The summed E-state index contributed by atoms with van der Waals surface area (Å²) in [4.78, 5) is 122. The number of amides is 5. The zero-order valence-corrected chi connectivity index (χ0v) is 42.3. The summed E-state index contributed by atoms with van der Waals surface area (Å²) in [5.74, 6) is -11.2. The Labute approximate surface area is 431 Å². The van der Waals surface area contributed by atoms with E-state index in [-0.39, 0.29) is 48.3 Å². The molecule has 23 heteroatoms. The molecule has 5 aliphatic rings. The summed E-state index contributed by atoms with van der Waals surface area (Å²) in [6.07, 6.45) is -10.5. The van der Waals surface area contributed by atoms with Crippen molar-refractivity contribution in [2.45, 2.75) is 133 Å². The molecule has 13 atom stereocenters. The maximum atomic E-state index is 14.8. The number of aliphatic hydroxyl groups excluding tert-OH is 3. The molecule has 2 aromatic rings. The molecule has 7 rings (SSSR count). The topological polar surface area (TPSA) is 343 Å². The third kappa shape index (κ3) is 10.9. The lowest BCUT2D eigenvalue weighted by molar-refractivity contribution is -0.332. The van der Waals surface area contributed by atoms with Gasteiger partial charge in [-0.2, -0.15) is 0 Å². The van der Waals surface area contributed by atoms with Crippen molar-refractivity contribution >= 4 is 53.4 Å². The summed E-state index contributed by atoms with van der Waals surface area (Å²) in [5, 5.41) is 67.9. The van der Waals surface area contributed by atoms with Crippen LogP contribution < -0.4 is 21.3 Å². The summed E-state index contributed by atoms with van der Waals surface area (Å²) in [6, 6.07) is 10.6. The number of Topliss-reactive ketones (excluding diaryl/α,β-unsaturated/α-hetero) is 1. The van der Waals surface area contributed by atoms with E-state index in [0.717, 1.165) is 6.92 Å². The second-order valence-electron chi connectivity index (χ2n) is 20.7. The molecule has 75 heavy (non-hydrogen) atoms. The van der Waals surface area contributed by atoms with Gasteiger partial charge in [0.15, 0.2) is 17.5 Å². The molecule has 2 aromatic carbocycles. The summed E-state index contributed by atoms with van der Waals surface area (Å²) in [6.45, 7) is 7.44. The van der Waals surface area contributed by atoms with Crippen molar-refractivity contribution in [2.75, 3.05) is 26.2 Å². The number of carboxylic acid groups (broad SMARTS) is 1. The lowest BCUT2D eigenvalue weighted by Gasteiger charge is -2.64. The van der Waals surface area contributed by atoms with E-state index >= 15 is 0 Å². The van der Waals surface area contributed by atoms with Gasteiger partial charge >= 0.3 is 29.9 Å². The van der Waals surface area contributed by atoms with Crippen LogP contribution in [0.15, 0.2) is 71.8 Å². The Balaban J connectivity index is 1.17. The third-order valence-corrected chi connectivity index (χ3v) is 15.5. The van der Waals surface area contributed by atoms with Gasteiger partial charge in [-0.15, -0.1) is 0 Å². The number of likely N-dealkylation sites (tertiary alicyclic amines) is 1. The highest BCUT2D eigenvalue weighted by Crippen LogP contribution is 2.61. The number of fused-ring (bicyclic) bond motifs is 5. The van der Waals surface area contributed by atoms with Crippen molar-refractivity contribution < 1.29 is 87.6 Å². The Morgan fingerprint density at radius 3 is 2.16 bits per heavy atom. The molecule has 2 aliphatic heterocycles. The average molecular weight is 1050 g/mol. The van der Waals surface area contributed by atoms with E-state index in [2.05, 4.69) is 21.3 Å². The van der Waals surface area contributed by atoms with Crippen molar-refractivity contribution in [1.29, 1.82) is 0 Å². The predicted octanol–water partition coefficient (Wildman–Crippen LogP) is -0.0234. The van der Waals surface area contributed by atoms with Gasteiger partial charge in [0, 0.05) is 31.7 Å². The van der Waals surface area contributed by atoms with Crippen LogP contribution in [0.2, 0.25) is 0 Å². The van der Waals surface area contributed by atoms with Crippen molar-refractivity contribution in [1.82, 2.24) is 26.2 Å². The fourth-order valence-electron chi connectivity index (χ4n) is 11.6. The Morgan fingerprint density at radius 1 is 0.907 bits per heavy atom. The molecule has 9 N–H and O–H groups in total. The molecule has 3 aliphatic carbocycles. The minimum atomic E-state index is -2.43. The molecule has 5 amide bonds. The first-order chi connectivity index (χ1) is 35.3. The molecule has 2 saturated carbocycles. The predicted molar refractivity (Wildman–Crippen MR) is 258 cm³/mol. The maximum Gasteiger partial charge on any atom is 0.338 e. The quantitative estimate of drug-likeness (QED) is 0.0606. The number of carbonyl (C=O) groups excluding carboxylic acids is 8. The largest absolute Gasteiger partial charge is 0.480 e. The van der Waals surface area contributed by atoms with Gasteiger partial charge in [-0.25, -0.2) is 14.4 Å². The highest BCUT2D eigenvalue weighted by atomic mass is 16.6. The van der Waals surface area contributed by atoms with Crippen LogP contribution in [0.1, 0.15) is 89.2 Å². The number of hydrogen-bond acceptors (Lipinski definition) is 17. The third-order valence-electron chi connectivity index (χ3n) is 15.5. The Bertz CT molecular complexity index is 2590. The Morgan fingerprint density at radius 2 is 1.56 bits per heavy atom. The smallest absolute Gasteiger partial charge is 0.338 e. The van der Waals surface area contributed by atoms with E-state index in [0.29, 0.717) is 6.42 Å². The van der Waals surface area contributed by atoms with Crippen LogP contribution >= 0.6 is 0 Å². The van der Waals surface area contributed by atoms with Crippen molar-refractivity contribution in [3.8, 4) is 0 Å². The van der Waals surface area contributed by atoms with E-state index < -0.39 is 162 Å². The minimum absolute atomic E-state index is 0.0345. The number of ether oxygens (including phenoxy) is 4. The fourth-order valence-corrected chi connectivity index (χ4v) is 11.6. The van der Waals surface area contributed by atoms with Crippen LogP contribution in [-0.4, -0.2) is 170 Å². The first kappa shape index (κ1) is 55.9. The van der Waals surface area contributed by atoms with E-state index in [1.54, 1.807) is 50.2 Å². The van der Waals surface area contributed by atoms with E-state index in [9.17, 15) is 63.6 Å². The van der Waals surface area contributed by atoms with Gasteiger partial charge in [-0.1, -0.05) is 76.2 Å². The Kier molecular flexibility index (Phi) is 16.6. The summed E-state index contributed by atoms with van der Waals surface area (Å²) in [5.41, 5.74) is -5.73. The second kappa shape index (κ2) is 22.2. The number of carbonyl (C=O) groups is 9. The number of nitrogens with one attached hydrogen (secondary N) is 4. The zero-order valence-electron chi connectivity index (χ0n) is 42.3. The van der Waals surface area contributed by atoms with Crippen LogP contribution in [0, 0.1) is 23.2 Å². The summed E-state index contributed by atoms with van der Waals surface area (Å²) < 4.78 is 24.1. The number of esters is 3. The molecule has 0 spiro atoms. The van der Waals surface area contributed by atoms with Crippen LogP contribution in [0.3, 0.4) is 0 Å². The van der Waals surface area contributed by atoms with Gasteiger partial charge in [-0.05, 0) is 54.5 Å². The molecule has 406 valence electrons. The molecule has 2 saturated heterocycles. The molecule has 23 nitrogen and oxygen atoms in total. The average Bonchev–Trinajstić information content (AvgIpc) is 3.87.